The molecule has 0 aliphatic heterocycles. The van der Waals surface area contributed by atoms with Crippen LogP contribution >= 0.6 is 11.6 Å². The first-order chi connectivity index (χ1) is 14.7. The predicted molar refractivity (Wildman–Crippen MR) is 116 cm³/mol. The second kappa shape index (κ2) is 8.13. The molecule has 3 aliphatic rings. The van der Waals surface area contributed by atoms with Gasteiger partial charge in [0, 0.05) is 29.3 Å². The van der Waals surface area contributed by atoms with Crippen LogP contribution in [0.25, 0.3) is 0 Å². The highest BCUT2D eigenvalue weighted by molar-refractivity contribution is 6.30. The lowest BCUT2D eigenvalue weighted by atomic mass is 9.44. The van der Waals surface area contributed by atoms with Crippen molar-refractivity contribution in [3.63, 3.8) is 0 Å². The van der Waals surface area contributed by atoms with E-state index in [1.165, 1.54) is 12.1 Å². The topological polar surface area (TPSA) is 70.7 Å². The minimum Gasteiger partial charge on any atom is -0.484 e. The molecule has 0 heterocycles. The third kappa shape index (κ3) is 4.52. The molecule has 8 heteroatoms. The van der Waals surface area contributed by atoms with E-state index in [0.29, 0.717) is 31.4 Å². The zero-order valence-electron chi connectivity index (χ0n) is 17.5. The van der Waals surface area contributed by atoms with E-state index < -0.39 is 5.82 Å². The molecule has 3 fully saturated rings. The van der Waals surface area contributed by atoms with Gasteiger partial charge in [0.2, 0.25) is 0 Å². The number of carbonyl (C=O) groups excluding carboxylic acids is 2. The quantitative estimate of drug-likeness (QED) is 0.655. The molecule has 0 unspecified atom stereocenters. The van der Waals surface area contributed by atoms with Gasteiger partial charge in [0.25, 0.3) is 11.8 Å². The molecule has 0 saturated heterocycles. The summed E-state index contributed by atoms with van der Waals surface area (Å²) in [6, 6.07) is 11.6. The molecule has 2 aromatic rings. The summed E-state index contributed by atoms with van der Waals surface area (Å²) in [4.78, 5) is 27.1. The highest BCUT2D eigenvalue weighted by Crippen LogP contribution is 2.60. The van der Waals surface area contributed by atoms with Crippen molar-refractivity contribution in [2.75, 3.05) is 20.7 Å². The molecule has 3 saturated carbocycles. The van der Waals surface area contributed by atoms with Gasteiger partial charge in [-0.2, -0.15) is 0 Å². The van der Waals surface area contributed by atoms with Crippen LogP contribution in [0.2, 0.25) is 5.02 Å². The Bertz CT molecular complexity index is 1010. The van der Waals surface area contributed by atoms with Crippen LogP contribution in [0.15, 0.2) is 42.5 Å². The third-order valence-corrected chi connectivity index (χ3v) is 6.13. The summed E-state index contributed by atoms with van der Waals surface area (Å²) in [5.74, 6) is -0.699. The molecule has 2 bridgehead atoms. The molecule has 5 rings (SSSR count). The number of rotatable bonds is 8. The van der Waals surface area contributed by atoms with E-state index in [0.717, 1.165) is 11.6 Å². The third-order valence-electron chi connectivity index (χ3n) is 5.82. The van der Waals surface area contributed by atoms with E-state index in [-0.39, 0.29) is 40.3 Å². The van der Waals surface area contributed by atoms with Crippen molar-refractivity contribution < 1.29 is 18.7 Å². The highest BCUT2D eigenvalue weighted by atomic mass is 35.5. The minimum absolute atomic E-state index is 0.00218. The molecule has 0 aromatic heterocycles. The summed E-state index contributed by atoms with van der Waals surface area (Å²) < 4.78 is 18.8. The van der Waals surface area contributed by atoms with Crippen LogP contribution in [-0.4, -0.2) is 48.5 Å². The first-order valence-corrected chi connectivity index (χ1v) is 10.5. The van der Waals surface area contributed by atoms with Crippen LogP contribution in [0.4, 0.5) is 4.39 Å². The minimum atomic E-state index is -0.594. The first kappa shape index (κ1) is 21.6. The Labute approximate surface area is 185 Å². The maximum absolute atomic E-state index is 13.5. The van der Waals surface area contributed by atoms with Crippen molar-refractivity contribution in [2.24, 2.45) is 0 Å². The van der Waals surface area contributed by atoms with Crippen LogP contribution < -0.4 is 15.4 Å². The standard InChI is InChI=1S/C23H25ClFN3O3/c1-28(2)10-15-5-3-4-6-17(15)21(30)27-23-12-22(13-23,14-23)26-20(29)11-31-16-7-8-18(24)19(25)9-16/h3-9H,10-14H2,1-2H3,(H,26,29)(H,27,30). The van der Waals surface area contributed by atoms with Crippen LogP contribution in [0, 0.1) is 5.82 Å². The van der Waals surface area contributed by atoms with Gasteiger partial charge >= 0.3 is 0 Å². The lowest BCUT2D eigenvalue weighted by Gasteiger charge is -2.70. The summed E-state index contributed by atoms with van der Waals surface area (Å²) in [6.45, 7) is 0.480. The zero-order chi connectivity index (χ0) is 22.2. The number of nitrogens with one attached hydrogen (secondary N) is 2. The molecule has 0 radical (unpaired) electrons. The number of amides is 2. The zero-order valence-corrected chi connectivity index (χ0v) is 18.3. The van der Waals surface area contributed by atoms with Gasteiger partial charge in [-0.3, -0.25) is 9.59 Å². The predicted octanol–water partition coefficient (Wildman–Crippen LogP) is 3.14. The Balaban J connectivity index is 1.26. The molecule has 2 aromatic carbocycles. The summed E-state index contributed by atoms with van der Waals surface area (Å²) >= 11 is 5.64. The SMILES string of the molecule is CN(C)Cc1ccccc1C(=O)NC12CC(NC(=O)COc3ccc(Cl)c(F)c3)(C1)C2. The molecular weight excluding hydrogens is 421 g/mol. The first-order valence-electron chi connectivity index (χ1n) is 10.1. The summed E-state index contributed by atoms with van der Waals surface area (Å²) in [6.07, 6.45) is 2.09. The smallest absolute Gasteiger partial charge is 0.258 e. The van der Waals surface area contributed by atoms with Gasteiger partial charge in [0.05, 0.1) is 5.02 Å². The lowest BCUT2D eigenvalue weighted by Crippen LogP contribution is -2.84. The fourth-order valence-electron chi connectivity index (χ4n) is 4.63. The molecule has 2 amide bonds. The number of nitrogens with zero attached hydrogens (tertiary/aromatic N) is 1. The van der Waals surface area contributed by atoms with Gasteiger partial charge in [0.1, 0.15) is 11.6 Å². The average molecular weight is 446 g/mol. The molecule has 0 spiro atoms. The van der Waals surface area contributed by atoms with Gasteiger partial charge in [0.15, 0.2) is 6.61 Å². The fourth-order valence-corrected chi connectivity index (χ4v) is 4.75. The van der Waals surface area contributed by atoms with Crippen LogP contribution in [0.5, 0.6) is 5.75 Å². The van der Waals surface area contributed by atoms with Crippen molar-refractivity contribution >= 4 is 23.4 Å². The van der Waals surface area contributed by atoms with Crippen LogP contribution in [0.3, 0.4) is 0 Å². The summed E-state index contributed by atoms with van der Waals surface area (Å²) in [5, 5.41) is 6.15. The average Bonchev–Trinajstić information content (AvgIpc) is 2.66. The van der Waals surface area contributed by atoms with E-state index in [4.69, 9.17) is 16.3 Å². The van der Waals surface area contributed by atoms with Crippen molar-refractivity contribution in [2.45, 2.75) is 36.9 Å². The Hall–Kier alpha value is -2.64. The molecule has 164 valence electrons. The number of hydrogen-bond donors (Lipinski definition) is 2. The number of hydrogen-bond acceptors (Lipinski definition) is 4. The highest BCUT2D eigenvalue weighted by Gasteiger charge is 2.69. The summed E-state index contributed by atoms with van der Waals surface area (Å²) in [5.41, 5.74) is 1.12. The Morgan fingerprint density at radius 3 is 2.45 bits per heavy atom. The van der Waals surface area contributed by atoms with Gasteiger partial charge in [-0.05, 0) is 57.1 Å². The van der Waals surface area contributed by atoms with E-state index in [1.807, 2.05) is 43.3 Å². The van der Waals surface area contributed by atoms with Gasteiger partial charge < -0.3 is 20.3 Å². The maximum atomic E-state index is 13.5. The van der Waals surface area contributed by atoms with Gasteiger partial charge in [-0.1, -0.05) is 29.8 Å². The Kier molecular flexibility index (Phi) is 5.66. The van der Waals surface area contributed by atoms with Crippen molar-refractivity contribution in [3.8, 4) is 5.75 Å². The molecule has 31 heavy (non-hydrogen) atoms. The molecule has 6 nitrogen and oxygen atoms in total. The second-order valence-electron chi connectivity index (χ2n) is 8.85. The van der Waals surface area contributed by atoms with Gasteiger partial charge in [-0.25, -0.2) is 4.39 Å². The van der Waals surface area contributed by atoms with Gasteiger partial charge in [-0.15, -0.1) is 0 Å². The molecule has 3 aliphatic carbocycles. The van der Waals surface area contributed by atoms with Crippen molar-refractivity contribution in [3.05, 3.63) is 64.4 Å². The monoisotopic (exact) mass is 445 g/mol. The van der Waals surface area contributed by atoms with E-state index in [2.05, 4.69) is 10.6 Å². The number of benzene rings is 2. The van der Waals surface area contributed by atoms with Crippen molar-refractivity contribution in [1.29, 1.82) is 0 Å². The fraction of sp³-hybridized carbons (Fsp3) is 0.391. The van der Waals surface area contributed by atoms with E-state index in [1.54, 1.807) is 0 Å². The van der Waals surface area contributed by atoms with E-state index in [9.17, 15) is 14.0 Å². The molecule has 2 N–H and O–H groups in total. The largest absolute Gasteiger partial charge is 0.484 e. The Morgan fingerprint density at radius 2 is 1.77 bits per heavy atom. The number of halogens is 2. The van der Waals surface area contributed by atoms with Crippen LogP contribution in [0.1, 0.15) is 35.2 Å². The Morgan fingerprint density at radius 1 is 1.10 bits per heavy atom. The van der Waals surface area contributed by atoms with Crippen LogP contribution in [-0.2, 0) is 11.3 Å². The maximum Gasteiger partial charge on any atom is 0.258 e. The normalized spacial score (nSPS) is 23.5. The number of carbonyl (C=O) groups is 2. The molecular formula is C23H25ClFN3O3. The summed E-state index contributed by atoms with van der Waals surface area (Å²) in [7, 11) is 3.94. The van der Waals surface area contributed by atoms with Crippen molar-refractivity contribution in [1.82, 2.24) is 15.5 Å². The lowest BCUT2D eigenvalue weighted by molar-refractivity contribution is -0.141. The van der Waals surface area contributed by atoms with E-state index >= 15 is 0 Å². The molecule has 0 atom stereocenters. The number of ether oxygens (including phenoxy) is 1. The second-order valence-corrected chi connectivity index (χ2v) is 9.26.